The van der Waals surface area contributed by atoms with E-state index >= 15 is 0 Å². The number of aromatic nitrogens is 3. The molecule has 6 heteroatoms. The normalized spacial score (nSPS) is 18.5. The molecule has 0 aliphatic carbocycles. The van der Waals surface area contributed by atoms with E-state index in [1.807, 2.05) is 6.07 Å². The van der Waals surface area contributed by atoms with E-state index in [1.165, 1.54) is 25.3 Å². The van der Waals surface area contributed by atoms with Gasteiger partial charge in [0.1, 0.15) is 5.82 Å². The van der Waals surface area contributed by atoms with Crippen LogP contribution in [0.25, 0.3) is 0 Å². The Kier molecular flexibility index (Phi) is 5.65. The number of hydrogen-bond donors (Lipinski definition) is 2. The fourth-order valence-electron chi connectivity index (χ4n) is 4.16. The number of pyridine rings is 1. The van der Waals surface area contributed by atoms with Crippen molar-refractivity contribution in [3.63, 3.8) is 0 Å². The molecular weight excluding hydrogens is 338 g/mol. The third kappa shape index (κ3) is 4.75. The van der Waals surface area contributed by atoms with E-state index in [-0.39, 0.29) is 11.4 Å². The molecule has 0 radical (unpaired) electrons. The van der Waals surface area contributed by atoms with Gasteiger partial charge in [-0.05, 0) is 77.1 Å². The summed E-state index contributed by atoms with van der Waals surface area (Å²) in [5.41, 5.74) is 4.36. The lowest BCUT2D eigenvalue weighted by atomic mass is 9.87. The van der Waals surface area contributed by atoms with Gasteiger partial charge in [0, 0.05) is 30.9 Å². The Balaban J connectivity index is 1.70. The molecule has 2 N–H and O–H groups in total. The molecule has 1 aliphatic rings. The fourth-order valence-corrected chi connectivity index (χ4v) is 4.16. The standard InChI is InChI=1S/C21H31N5O/c1-14-9-18(10-15(2)22-14)11-17-7-6-8-26(13-17)21(4,5)19-12-20(25-24-19)23-16(3)27/h9-10,12,17H,6-8,11,13H2,1-5H3,(H2,23,24,25,27)/t17-/m1/s1. The number of aryl methyl sites for hydroxylation is 2. The van der Waals surface area contributed by atoms with Gasteiger partial charge in [-0.1, -0.05) is 0 Å². The molecule has 1 fully saturated rings. The molecule has 0 saturated carbocycles. The zero-order valence-electron chi connectivity index (χ0n) is 17.1. The largest absolute Gasteiger partial charge is 0.311 e. The molecule has 0 aromatic carbocycles. The number of carbonyl (C=O) groups is 1. The monoisotopic (exact) mass is 369 g/mol. The number of amides is 1. The van der Waals surface area contributed by atoms with Gasteiger partial charge in [0.15, 0.2) is 0 Å². The maximum atomic E-state index is 11.3. The number of carbonyl (C=O) groups excluding carboxylic acids is 1. The lowest BCUT2D eigenvalue weighted by Crippen LogP contribution is -2.47. The molecular formula is C21H31N5O. The maximum Gasteiger partial charge on any atom is 0.222 e. The van der Waals surface area contributed by atoms with Crippen LogP contribution in [0.3, 0.4) is 0 Å². The highest BCUT2D eigenvalue weighted by atomic mass is 16.1. The quantitative estimate of drug-likeness (QED) is 0.845. The van der Waals surface area contributed by atoms with E-state index in [4.69, 9.17) is 0 Å². The van der Waals surface area contributed by atoms with Gasteiger partial charge in [0.05, 0.1) is 11.2 Å². The van der Waals surface area contributed by atoms with Crippen LogP contribution in [0.4, 0.5) is 5.82 Å². The Morgan fingerprint density at radius 3 is 2.67 bits per heavy atom. The second-order valence-corrected chi connectivity index (χ2v) is 8.32. The van der Waals surface area contributed by atoms with Crippen LogP contribution in [0.5, 0.6) is 0 Å². The predicted molar refractivity (Wildman–Crippen MR) is 108 cm³/mol. The molecule has 27 heavy (non-hydrogen) atoms. The van der Waals surface area contributed by atoms with Gasteiger partial charge in [-0.2, -0.15) is 5.10 Å². The van der Waals surface area contributed by atoms with Crippen molar-refractivity contribution >= 4 is 11.7 Å². The minimum absolute atomic E-state index is 0.0935. The van der Waals surface area contributed by atoms with Crippen molar-refractivity contribution in [3.05, 3.63) is 40.8 Å². The maximum absolute atomic E-state index is 11.3. The van der Waals surface area contributed by atoms with Gasteiger partial charge in [0.2, 0.25) is 5.91 Å². The number of nitrogens with one attached hydrogen (secondary N) is 2. The van der Waals surface area contributed by atoms with Crippen LogP contribution in [0.15, 0.2) is 18.2 Å². The minimum Gasteiger partial charge on any atom is -0.311 e. The predicted octanol–water partition coefficient (Wildman–Crippen LogP) is 3.57. The summed E-state index contributed by atoms with van der Waals surface area (Å²) in [6.45, 7) is 12.2. The molecule has 3 rings (SSSR count). The first kappa shape index (κ1) is 19.5. The van der Waals surface area contributed by atoms with Gasteiger partial charge in [-0.3, -0.25) is 19.8 Å². The summed E-state index contributed by atoms with van der Waals surface area (Å²) < 4.78 is 0. The molecule has 1 saturated heterocycles. The zero-order chi connectivity index (χ0) is 19.6. The average Bonchev–Trinajstić information content (AvgIpc) is 3.02. The van der Waals surface area contributed by atoms with Gasteiger partial charge in [0.25, 0.3) is 0 Å². The molecule has 2 aromatic heterocycles. The third-order valence-corrected chi connectivity index (χ3v) is 5.49. The summed E-state index contributed by atoms with van der Waals surface area (Å²) in [4.78, 5) is 18.3. The van der Waals surface area contributed by atoms with Crippen LogP contribution in [-0.2, 0) is 16.8 Å². The first-order valence-electron chi connectivity index (χ1n) is 9.76. The molecule has 1 aliphatic heterocycles. The van der Waals surface area contributed by atoms with Gasteiger partial charge in [-0.25, -0.2) is 0 Å². The zero-order valence-corrected chi connectivity index (χ0v) is 17.1. The van der Waals surface area contributed by atoms with Crippen molar-refractivity contribution in [2.24, 2.45) is 5.92 Å². The minimum atomic E-state index is -0.185. The summed E-state index contributed by atoms with van der Waals surface area (Å²) in [5.74, 6) is 1.19. The summed E-state index contributed by atoms with van der Waals surface area (Å²) in [6, 6.07) is 6.37. The summed E-state index contributed by atoms with van der Waals surface area (Å²) in [5, 5.41) is 10.2. The molecule has 1 amide bonds. The highest BCUT2D eigenvalue weighted by Gasteiger charge is 2.34. The van der Waals surface area contributed by atoms with Gasteiger partial charge >= 0.3 is 0 Å². The molecule has 1 atom stereocenters. The van der Waals surface area contributed by atoms with E-state index in [9.17, 15) is 4.79 Å². The first-order valence-corrected chi connectivity index (χ1v) is 9.76. The third-order valence-electron chi connectivity index (χ3n) is 5.49. The molecule has 0 unspecified atom stereocenters. The Labute approximate surface area is 161 Å². The van der Waals surface area contributed by atoms with Crippen molar-refractivity contribution in [3.8, 4) is 0 Å². The van der Waals surface area contributed by atoms with Gasteiger partial charge < -0.3 is 5.32 Å². The molecule has 0 bridgehead atoms. The Morgan fingerprint density at radius 2 is 2.00 bits per heavy atom. The second kappa shape index (κ2) is 7.80. The Morgan fingerprint density at radius 1 is 1.30 bits per heavy atom. The van der Waals surface area contributed by atoms with Crippen LogP contribution in [-0.4, -0.2) is 39.1 Å². The topological polar surface area (TPSA) is 73.9 Å². The number of nitrogens with zero attached hydrogens (tertiary/aromatic N) is 3. The molecule has 3 heterocycles. The lowest BCUT2D eigenvalue weighted by Gasteiger charge is -2.42. The number of H-pyrrole nitrogens is 1. The highest BCUT2D eigenvalue weighted by Crippen LogP contribution is 2.33. The van der Waals surface area contributed by atoms with E-state index < -0.39 is 0 Å². The average molecular weight is 370 g/mol. The lowest BCUT2D eigenvalue weighted by molar-refractivity contribution is -0.114. The van der Waals surface area contributed by atoms with Crippen molar-refractivity contribution in [2.75, 3.05) is 18.4 Å². The fraction of sp³-hybridized carbons (Fsp3) is 0.571. The van der Waals surface area contributed by atoms with E-state index in [0.29, 0.717) is 11.7 Å². The van der Waals surface area contributed by atoms with Gasteiger partial charge in [-0.15, -0.1) is 0 Å². The number of aromatic amines is 1. The van der Waals surface area contributed by atoms with E-state index in [2.05, 4.69) is 65.2 Å². The summed E-state index contributed by atoms with van der Waals surface area (Å²) >= 11 is 0. The highest BCUT2D eigenvalue weighted by molar-refractivity contribution is 5.87. The van der Waals surface area contributed by atoms with Crippen molar-refractivity contribution < 1.29 is 4.79 Å². The molecule has 0 spiro atoms. The number of rotatable bonds is 5. The number of hydrogen-bond acceptors (Lipinski definition) is 4. The second-order valence-electron chi connectivity index (χ2n) is 8.32. The van der Waals surface area contributed by atoms with Crippen molar-refractivity contribution in [1.82, 2.24) is 20.1 Å². The Hall–Kier alpha value is -2.21. The molecule has 6 nitrogen and oxygen atoms in total. The van der Waals surface area contributed by atoms with Crippen LogP contribution < -0.4 is 5.32 Å². The van der Waals surface area contributed by atoms with Crippen LogP contribution >= 0.6 is 0 Å². The Bertz CT molecular complexity index is 790. The van der Waals surface area contributed by atoms with Crippen molar-refractivity contribution in [1.29, 1.82) is 0 Å². The number of likely N-dealkylation sites (tertiary alicyclic amines) is 1. The van der Waals surface area contributed by atoms with Crippen LogP contribution in [0.2, 0.25) is 0 Å². The van der Waals surface area contributed by atoms with Crippen LogP contribution in [0.1, 0.15) is 56.3 Å². The van der Waals surface area contributed by atoms with Crippen LogP contribution in [0, 0.1) is 19.8 Å². The van der Waals surface area contributed by atoms with E-state index in [0.717, 1.165) is 36.6 Å². The summed E-state index contributed by atoms with van der Waals surface area (Å²) in [7, 11) is 0. The smallest absolute Gasteiger partial charge is 0.222 e. The number of piperidine rings is 1. The molecule has 2 aromatic rings. The van der Waals surface area contributed by atoms with E-state index in [1.54, 1.807) is 0 Å². The first-order chi connectivity index (χ1) is 12.7. The summed E-state index contributed by atoms with van der Waals surface area (Å²) in [6.07, 6.45) is 3.54. The van der Waals surface area contributed by atoms with Crippen molar-refractivity contribution in [2.45, 2.75) is 59.4 Å². The molecule has 146 valence electrons. The SMILES string of the molecule is CC(=O)Nc1cc(C(C)(C)N2CCC[C@H](Cc3cc(C)nc(C)c3)C2)n[nH]1. The number of anilines is 1.